The Morgan fingerprint density at radius 1 is 0.818 bits per heavy atom. The molecule has 1 aliphatic carbocycles. The topological polar surface area (TPSA) is 62.2 Å². The maximum atomic E-state index is 10.3. The molecule has 3 atom stereocenters. The number of hydrogen-bond donors (Lipinski definition) is 2. The van der Waals surface area contributed by atoms with Crippen LogP contribution < -0.4 is 4.74 Å². The summed E-state index contributed by atoms with van der Waals surface area (Å²) in [6.45, 7) is 2.32. The Balaban J connectivity index is 0.000000160. The maximum Gasteiger partial charge on any atom is 0.168 e. The van der Waals surface area contributed by atoms with E-state index in [4.69, 9.17) is 9.47 Å². The molecule has 44 heavy (non-hydrogen) atoms. The van der Waals surface area contributed by atoms with Crippen molar-refractivity contribution in [1.29, 1.82) is 0 Å². The predicted octanol–water partition coefficient (Wildman–Crippen LogP) is 7.71. The fourth-order valence-electron chi connectivity index (χ4n) is 7.38. The summed E-state index contributed by atoms with van der Waals surface area (Å²) in [6, 6.07) is 28.2. The van der Waals surface area contributed by atoms with Crippen LogP contribution in [0, 0.1) is 0 Å². The van der Waals surface area contributed by atoms with Gasteiger partial charge >= 0.3 is 0 Å². The number of methoxy groups -OCH3 is 2. The molecular formula is C37H37BrClNO4. The molecule has 0 saturated carbocycles. The van der Waals surface area contributed by atoms with E-state index in [-0.39, 0.29) is 24.3 Å². The third kappa shape index (κ3) is 5.37. The number of aliphatic hydroxyl groups excluding tert-OH is 1. The summed E-state index contributed by atoms with van der Waals surface area (Å²) in [7, 11) is 3.20. The zero-order valence-electron chi connectivity index (χ0n) is 24.9. The van der Waals surface area contributed by atoms with E-state index < -0.39 is 6.10 Å². The highest BCUT2D eigenvalue weighted by atomic mass is 79.9. The molecule has 2 aliphatic heterocycles. The van der Waals surface area contributed by atoms with Gasteiger partial charge in [-0.1, -0.05) is 82.7 Å². The molecule has 5 aromatic carbocycles. The van der Waals surface area contributed by atoms with E-state index in [0.717, 1.165) is 38.1 Å². The van der Waals surface area contributed by atoms with Gasteiger partial charge in [0, 0.05) is 48.9 Å². The molecule has 5 nitrogen and oxygen atoms in total. The van der Waals surface area contributed by atoms with E-state index in [1.54, 1.807) is 31.4 Å². The molecule has 0 spiro atoms. The first-order valence-corrected chi connectivity index (χ1v) is 15.8. The lowest BCUT2D eigenvalue weighted by molar-refractivity contribution is -0.0160. The van der Waals surface area contributed by atoms with Crippen LogP contribution in [0.1, 0.15) is 39.4 Å². The van der Waals surface area contributed by atoms with E-state index in [1.165, 1.54) is 36.1 Å². The van der Waals surface area contributed by atoms with Crippen molar-refractivity contribution in [1.82, 2.24) is 4.90 Å². The van der Waals surface area contributed by atoms with Crippen LogP contribution in [0.5, 0.6) is 11.5 Å². The highest BCUT2D eigenvalue weighted by Crippen LogP contribution is 2.43. The smallest absolute Gasteiger partial charge is 0.168 e. The Labute approximate surface area is 273 Å². The van der Waals surface area contributed by atoms with Crippen molar-refractivity contribution >= 4 is 49.9 Å². The van der Waals surface area contributed by atoms with Gasteiger partial charge in [0.05, 0.1) is 19.3 Å². The number of halogens is 2. The molecule has 0 aromatic heterocycles. The molecule has 2 heterocycles. The molecular weight excluding hydrogens is 638 g/mol. The lowest BCUT2D eigenvalue weighted by Crippen LogP contribution is -2.39. The molecule has 0 bridgehead atoms. The van der Waals surface area contributed by atoms with Gasteiger partial charge in [0.1, 0.15) is 0 Å². The standard InChI is InChI=1S/C20H19BrO4.C17H17N.ClH/c1-24-18-9-12-11-5-3-10-4-6-16(22)20(25-2)19(10)14(11)7-15(21)13(12)8-17(18)23;1-2-7-15-12-18-10-9-13-5-3-4-8-16(13)17(18)11-14(15)6-1;/h3-7,17-18,22-23H,8-9H2,1-2H3;1-8,17H,9-12H2;1H. The van der Waals surface area contributed by atoms with Crippen LogP contribution in [-0.4, -0.2) is 48.1 Å². The van der Waals surface area contributed by atoms with Crippen LogP contribution >= 0.6 is 28.3 Å². The van der Waals surface area contributed by atoms with E-state index in [0.29, 0.717) is 24.6 Å². The van der Waals surface area contributed by atoms with E-state index in [2.05, 4.69) is 81.5 Å². The maximum absolute atomic E-state index is 10.3. The third-order valence-electron chi connectivity index (χ3n) is 9.59. The Bertz CT molecular complexity index is 1840. The predicted molar refractivity (Wildman–Crippen MR) is 182 cm³/mol. The largest absolute Gasteiger partial charge is 0.504 e. The summed E-state index contributed by atoms with van der Waals surface area (Å²) in [4.78, 5) is 2.64. The molecule has 3 aliphatic rings. The van der Waals surface area contributed by atoms with Crippen LogP contribution in [0.2, 0.25) is 0 Å². The van der Waals surface area contributed by atoms with Gasteiger partial charge in [0.25, 0.3) is 0 Å². The Kier molecular flexibility index (Phi) is 8.91. The molecule has 7 heteroatoms. The van der Waals surface area contributed by atoms with Crippen LogP contribution in [-0.2, 0) is 37.0 Å². The summed E-state index contributed by atoms with van der Waals surface area (Å²) in [5.74, 6) is 0.607. The number of benzene rings is 5. The Hall–Kier alpha value is -3.13. The van der Waals surface area contributed by atoms with Crippen molar-refractivity contribution < 1.29 is 19.7 Å². The lowest BCUT2D eigenvalue weighted by Gasteiger charge is -2.41. The summed E-state index contributed by atoms with van der Waals surface area (Å²) < 4.78 is 11.9. The van der Waals surface area contributed by atoms with Crippen LogP contribution in [0.3, 0.4) is 0 Å². The first-order valence-electron chi connectivity index (χ1n) is 15.0. The van der Waals surface area contributed by atoms with Crippen molar-refractivity contribution in [3.63, 3.8) is 0 Å². The first kappa shape index (κ1) is 30.9. The Morgan fingerprint density at radius 2 is 1.55 bits per heavy atom. The van der Waals surface area contributed by atoms with Gasteiger partial charge in [0.2, 0.25) is 0 Å². The number of aliphatic hydroxyl groups is 1. The van der Waals surface area contributed by atoms with Gasteiger partial charge in [-0.05, 0) is 74.5 Å². The van der Waals surface area contributed by atoms with Gasteiger partial charge in [-0.2, -0.15) is 0 Å². The summed E-state index contributed by atoms with van der Waals surface area (Å²) >= 11 is 3.67. The summed E-state index contributed by atoms with van der Waals surface area (Å²) in [5.41, 5.74) is 8.46. The van der Waals surface area contributed by atoms with Crippen LogP contribution in [0.15, 0.2) is 83.3 Å². The van der Waals surface area contributed by atoms with E-state index in [1.807, 2.05) is 12.1 Å². The highest BCUT2D eigenvalue weighted by Gasteiger charge is 2.32. The zero-order valence-corrected chi connectivity index (χ0v) is 27.3. The number of nitrogens with zero attached hydrogens (tertiary/aromatic N) is 1. The highest BCUT2D eigenvalue weighted by molar-refractivity contribution is 9.10. The molecule has 228 valence electrons. The fraction of sp³-hybridized carbons (Fsp3) is 0.297. The van der Waals surface area contributed by atoms with Crippen LogP contribution in [0.25, 0.3) is 21.5 Å². The monoisotopic (exact) mass is 673 g/mol. The average molecular weight is 675 g/mol. The molecule has 0 fully saturated rings. The number of phenolic OH excluding ortho intramolecular Hbond substituents is 1. The van der Waals surface area contributed by atoms with Crippen LogP contribution in [0.4, 0.5) is 0 Å². The number of fused-ring (bicyclic) bond motifs is 9. The number of rotatable bonds is 2. The fourth-order valence-corrected chi connectivity index (χ4v) is 8.01. The molecule has 8 rings (SSSR count). The first-order chi connectivity index (χ1) is 21.0. The summed E-state index contributed by atoms with van der Waals surface area (Å²) in [5, 5.41) is 24.5. The molecule has 0 saturated heterocycles. The third-order valence-corrected chi connectivity index (χ3v) is 10.3. The molecule has 5 aromatic rings. The second kappa shape index (κ2) is 12.7. The van der Waals surface area contributed by atoms with E-state index in [9.17, 15) is 10.2 Å². The molecule has 3 unspecified atom stereocenters. The minimum atomic E-state index is -0.509. The van der Waals surface area contributed by atoms with Crippen molar-refractivity contribution in [2.24, 2.45) is 0 Å². The van der Waals surface area contributed by atoms with Gasteiger partial charge in [-0.3, -0.25) is 4.90 Å². The molecule has 0 amide bonds. The van der Waals surface area contributed by atoms with Gasteiger partial charge in [-0.15, -0.1) is 12.4 Å². The van der Waals surface area contributed by atoms with Crippen molar-refractivity contribution in [2.45, 2.75) is 50.5 Å². The Morgan fingerprint density at radius 3 is 2.32 bits per heavy atom. The number of phenols is 1. The quantitative estimate of drug-likeness (QED) is 0.188. The van der Waals surface area contributed by atoms with Gasteiger partial charge in [0.15, 0.2) is 11.5 Å². The normalized spacial score (nSPS) is 20.3. The second-order valence-electron chi connectivity index (χ2n) is 11.8. The average Bonchev–Trinajstić information content (AvgIpc) is 3.04. The van der Waals surface area contributed by atoms with Gasteiger partial charge < -0.3 is 19.7 Å². The second-order valence-corrected chi connectivity index (χ2v) is 12.7. The minimum Gasteiger partial charge on any atom is -0.504 e. The minimum absolute atomic E-state index is 0. The van der Waals surface area contributed by atoms with E-state index >= 15 is 0 Å². The number of ether oxygens (including phenoxy) is 2. The molecule has 0 radical (unpaired) electrons. The van der Waals surface area contributed by atoms with Crippen molar-refractivity contribution in [3.8, 4) is 11.5 Å². The number of hydrogen-bond acceptors (Lipinski definition) is 5. The number of aromatic hydroxyl groups is 1. The zero-order chi connectivity index (χ0) is 29.7. The van der Waals surface area contributed by atoms with Crippen molar-refractivity contribution in [2.75, 3.05) is 20.8 Å². The summed E-state index contributed by atoms with van der Waals surface area (Å²) in [6.07, 6.45) is 2.86. The lowest BCUT2D eigenvalue weighted by atomic mass is 9.83. The SMILES string of the molecule is COc1c(O)ccc2ccc3c4c(c(Br)cc3c12)CC(O)C(OC)C4.Cl.c1ccc2c(c1)CC1c3ccccc3CCN1C2. The van der Waals surface area contributed by atoms with Gasteiger partial charge in [-0.25, -0.2) is 0 Å². The molecule has 2 N–H and O–H groups in total. The van der Waals surface area contributed by atoms with Crippen molar-refractivity contribution in [3.05, 3.63) is 117 Å².